The predicted molar refractivity (Wildman–Crippen MR) is 131 cm³/mol. The maximum absolute atomic E-state index is 12.9. The third-order valence-corrected chi connectivity index (χ3v) is 5.94. The number of nitrogens with zero attached hydrogens (tertiary/aromatic N) is 1. The Labute approximate surface area is 207 Å². The number of aromatic nitrogens is 1. The molecule has 0 fully saturated rings. The molecule has 0 atom stereocenters. The van der Waals surface area contributed by atoms with Crippen LogP contribution < -0.4 is 16.0 Å². The van der Waals surface area contributed by atoms with Gasteiger partial charge in [-0.15, -0.1) is 11.3 Å². The number of benzene rings is 2. The van der Waals surface area contributed by atoms with Crippen LogP contribution in [0.3, 0.4) is 0 Å². The Morgan fingerprint density at radius 2 is 1.69 bits per heavy atom. The number of hydrogen-bond acceptors (Lipinski definition) is 6. The Balaban J connectivity index is 1.36. The van der Waals surface area contributed by atoms with E-state index in [0.717, 1.165) is 29.2 Å². The van der Waals surface area contributed by atoms with Crippen LogP contribution in [0.2, 0.25) is 0 Å². The summed E-state index contributed by atoms with van der Waals surface area (Å²) in [4.78, 5) is 28.7. The highest BCUT2D eigenvalue weighted by atomic mass is 32.1. The average molecular weight is 513 g/mol. The van der Waals surface area contributed by atoms with Crippen LogP contribution in [0, 0.1) is 0 Å². The lowest BCUT2D eigenvalue weighted by Gasteiger charge is -2.11. The number of nitrogens with one attached hydrogen (secondary N) is 3. The molecular formula is C25H19F3N4O3S. The number of halogens is 3. The second-order valence-electron chi connectivity index (χ2n) is 7.57. The highest BCUT2D eigenvalue weighted by Gasteiger charge is 2.32. The van der Waals surface area contributed by atoms with Gasteiger partial charge < -0.3 is 21.1 Å². The molecule has 0 saturated heterocycles. The predicted octanol–water partition coefficient (Wildman–Crippen LogP) is 5.79. The number of amides is 2. The van der Waals surface area contributed by atoms with Crippen molar-refractivity contribution in [1.29, 1.82) is 0 Å². The zero-order valence-electron chi connectivity index (χ0n) is 18.5. The van der Waals surface area contributed by atoms with Crippen molar-refractivity contribution in [1.82, 2.24) is 10.3 Å². The number of carbonyl (C=O) groups is 2. The fourth-order valence-corrected chi connectivity index (χ4v) is 3.98. The van der Waals surface area contributed by atoms with E-state index in [-0.39, 0.29) is 18.0 Å². The molecule has 0 aliphatic rings. The van der Waals surface area contributed by atoms with Gasteiger partial charge in [0.1, 0.15) is 16.3 Å². The number of aromatic hydroxyl groups is 1. The van der Waals surface area contributed by atoms with E-state index in [2.05, 4.69) is 20.9 Å². The average Bonchev–Trinajstić information content (AvgIpc) is 3.32. The van der Waals surface area contributed by atoms with Gasteiger partial charge in [0, 0.05) is 24.0 Å². The van der Waals surface area contributed by atoms with Crippen LogP contribution >= 0.6 is 11.3 Å². The van der Waals surface area contributed by atoms with Crippen LogP contribution in [0.25, 0.3) is 0 Å². The Morgan fingerprint density at radius 3 is 2.42 bits per heavy atom. The van der Waals surface area contributed by atoms with Crippen LogP contribution in [0.1, 0.15) is 31.3 Å². The molecule has 0 radical (unpaired) electrons. The Kier molecular flexibility index (Phi) is 7.20. The van der Waals surface area contributed by atoms with E-state index in [0.29, 0.717) is 21.8 Å². The second-order valence-corrected chi connectivity index (χ2v) is 8.48. The van der Waals surface area contributed by atoms with Crippen molar-refractivity contribution < 1.29 is 27.9 Å². The normalized spacial score (nSPS) is 11.1. The molecule has 0 bridgehead atoms. The molecule has 2 heterocycles. The summed E-state index contributed by atoms with van der Waals surface area (Å²) in [6.45, 7) is 0.172. The maximum Gasteiger partial charge on any atom is 0.433 e. The van der Waals surface area contributed by atoms with Gasteiger partial charge in [0.15, 0.2) is 0 Å². The molecule has 4 rings (SSSR count). The van der Waals surface area contributed by atoms with Crippen molar-refractivity contribution in [2.75, 3.05) is 10.6 Å². The molecule has 2 aromatic heterocycles. The Morgan fingerprint density at radius 1 is 0.944 bits per heavy atom. The molecule has 2 aromatic carbocycles. The molecule has 0 aliphatic heterocycles. The number of thiophene rings is 1. The molecule has 0 saturated carbocycles. The number of alkyl halides is 3. The number of anilines is 3. The quantitative estimate of drug-likeness (QED) is 0.235. The number of hydrogen-bond donors (Lipinski definition) is 4. The monoisotopic (exact) mass is 512 g/mol. The fourth-order valence-electron chi connectivity index (χ4n) is 3.21. The molecule has 4 aromatic rings. The van der Waals surface area contributed by atoms with Crippen LogP contribution in [0.4, 0.5) is 30.2 Å². The van der Waals surface area contributed by atoms with Crippen LogP contribution in [0.15, 0.2) is 78.3 Å². The molecule has 7 nitrogen and oxygen atoms in total. The smallest absolute Gasteiger partial charge is 0.433 e. The zero-order chi connectivity index (χ0) is 25.7. The lowest BCUT2D eigenvalue weighted by molar-refractivity contribution is -0.141. The largest absolute Gasteiger partial charge is 0.506 e. The van der Waals surface area contributed by atoms with Gasteiger partial charge in [-0.25, -0.2) is 0 Å². The van der Waals surface area contributed by atoms with E-state index in [1.807, 2.05) is 0 Å². The van der Waals surface area contributed by atoms with Gasteiger partial charge in [-0.3, -0.25) is 14.6 Å². The summed E-state index contributed by atoms with van der Waals surface area (Å²) in [5.41, 5.74) is 0.883. The van der Waals surface area contributed by atoms with Crippen LogP contribution in [0.5, 0.6) is 5.75 Å². The first-order valence-electron chi connectivity index (χ1n) is 10.5. The summed E-state index contributed by atoms with van der Waals surface area (Å²) in [6, 6.07) is 16.8. The van der Waals surface area contributed by atoms with E-state index in [1.54, 1.807) is 53.9 Å². The molecule has 4 N–H and O–H groups in total. The first-order chi connectivity index (χ1) is 17.2. The minimum absolute atomic E-state index is 0.0441. The number of carbonyl (C=O) groups excluding carboxylic acids is 2. The van der Waals surface area contributed by atoms with Crippen molar-refractivity contribution in [3.63, 3.8) is 0 Å². The van der Waals surface area contributed by atoms with Crippen molar-refractivity contribution in [3.8, 4) is 5.75 Å². The topological polar surface area (TPSA) is 103 Å². The lowest BCUT2D eigenvalue weighted by atomic mass is 10.1. The molecule has 184 valence electrons. The number of pyridine rings is 1. The molecule has 2 amide bonds. The van der Waals surface area contributed by atoms with Crippen molar-refractivity contribution in [3.05, 3.63) is 100 Å². The number of para-hydroxylation sites is 2. The van der Waals surface area contributed by atoms with E-state index < -0.39 is 23.7 Å². The molecular weight excluding hydrogens is 493 g/mol. The first-order valence-corrected chi connectivity index (χ1v) is 11.4. The summed E-state index contributed by atoms with van der Waals surface area (Å²) in [5, 5.41) is 19.7. The van der Waals surface area contributed by atoms with Gasteiger partial charge in [-0.2, -0.15) is 13.2 Å². The van der Waals surface area contributed by atoms with E-state index in [9.17, 15) is 27.9 Å². The van der Waals surface area contributed by atoms with Crippen molar-refractivity contribution in [2.24, 2.45) is 0 Å². The zero-order valence-corrected chi connectivity index (χ0v) is 19.3. The Hall–Kier alpha value is -4.38. The summed E-state index contributed by atoms with van der Waals surface area (Å²) < 4.78 is 38.7. The minimum atomic E-state index is -4.58. The molecule has 0 aliphatic carbocycles. The standard InChI is InChI=1S/C25H19F3N4O3S/c26-25(27,28)21-13-17(9-11-29-21)31-19-10-12-36-22(19)24(35)30-14-15-5-7-16(8-6-15)23(34)32-18-3-1-2-4-20(18)33/h1-13,33H,14H2,(H,29,31)(H,30,35)(H,32,34). The number of phenolic OH excluding ortho intramolecular Hbond substituents is 1. The van der Waals surface area contributed by atoms with Crippen molar-refractivity contribution >= 4 is 40.2 Å². The van der Waals surface area contributed by atoms with Crippen LogP contribution in [-0.2, 0) is 12.7 Å². The van der Waals surface area contributed by atoms with Gasteiger partial charge in [-0.05, 0) is 53.4 Å². The van der Waals surface area contributed by atoms with Crippen molar-refractivity contribution in [2.45, 2.75) is 12.7 Å². The number of rotatable bonds is 7. The summed E-state index contributed by atoms with van der Waals surface area (Å²) in [7, 11) is 0. The number of phenols is 1. The SMILES string of the molecule is O=C(Nc1ccccc1O)c1ccc(CNC(=O)c2sccc2Nc2ccnc(C(F)(F)F)c2)cc1. The van der Waals surface area contributed by atoms with E-state index >= 15 is 0 Å². The molecule has 0 unspecified atom stereocenters. The lowest BCUT2D eigenvalue weighted by Crippen LogP contribution is -2.22. The maximum atomic E-state index is 12.9. The summed E-state index contributed by atoms with van der Waals surface area (Å²) in [6.07, 6.45) is -3.53. The van der Waals surface area contributed by atoms with E-state index in [1.165, 1.54) is 12.1 Å². The van der Waals surface area contributed by atoms with E-state index in [4.69, 9.17) is 0 Å². The minimum Gasteiger partial charge on any atom is -0.506 e. The Bertz CT molecular complexity index is 1390. The van der Waals surface area contributed by atoms with Gasteiger partial charge in [0.2, 0.25) is 0 Å². The summed E-state index contributed by atoms with van der Waals surface area (Å²) >= 11 is 1.14. The first kappa shape index (κ1) is 24.7. The van der Waals surface area contributed by atoms with Gasteiger partial charge in [0.05, 0.1) is 11.4 Å². The second kappa shape index (κ2) is 10.5. The third-order valence-electron chi connectivity index (χ3n) is 5.02. The van der Waals surface area contributed by atoms with Gasteiger partial charge >= 0.3 is 6.18 Å². The third kappa shape index (κ3) is 5.99. The molecule has 11 heteroatoms. The highest BCUT2D eigenvalue weighted by Crippen LogP contribution is 2.31. The van der Waals surface area contributed by atoms with Crippen LogP contribution in [-0.4, -0.2) is 21.9 Å². The fraction of sp³-hybridized carbons (Fsp3) is 0.0800. The van der Waals surface area contributed by atoms with Gasteiger partial charge in [-0.1, -0.05) is 24.3 Å². The highest BCUT2D eigenvalue weighted by molar-refractivity contribution is 7.12. The molecule has 0 spiro atoms. The molecule has 36 heavy (non-hydrogen) atoms. The van der Waals surface area contributed by atoms with Gasteiger partial charge in [0.25, 0.3) is 11.8 Å². The summed E-state index contributed by atoms with van der Waals surface area (Å²) in [5.74, 6) is -0.845.